The Morgan fingerprint density at radius 3 is 2.42 bits per heavy atom. The van der Waals surface area contributed by atoms with Gasteiger partial charge in [0.05, 0.1) is 13.7 Å². The summed E-state index contributed by atoms with van der Waals surface area (Å²) in [5, 5.41) is 11.9. The van der Waals surface area contributed by atoms with Gasteiger partial charge in [-0.05, 0) is 12.8 Å². The Bertz CT molecular complexity index is 350. The Hall–Kier alpha value is -1.63. The van der Waals surface area contributed by atoms with E-state index in [4.69, 9.17) is 0 Å². The van der Waals surface area contributed by atoms with Crippen LogP contribution in [0.1, 0.15) is 19.8 Å². The monoisotopic (exact) mass is 272 g/mol. The van der Waals surface area contributed by atoms with E-state index in [1.807, 2.05) is 0 Å². The molecule has 0 radical (unpaired) electrons. The number of likely N-dealkylation sites (tertiary alicyclic amines) is 1. The van der Waals surface area contributed by atoms with Crippen LogP contribution in [0.5, 0.6) is 0 Å². The van der Waals surface area contributed by atoms with Gasteiger partial charge < -0.3 is 20.1 Å². The van der Waals surface area contributed by atoms with Crippen molar-refractivity contribution < 1.29 is 24.2 Å². The number of aliphatic hydroxyl groups excluding tert-OH is 1. The van der Waals surface area contributed by atoms with Crippen LogP contribution >= 0.6 is 0 Å². The highest BCUT2D eigenvalue weighted by molar-refractivity contribution is 5.81. The molecule has 1 rings (SSSR count). The van der Waals surface area contributed by atoms with Gasteiger partial charge in [-0.1, -0.05) is 0 Å². The average Bonchev–Trinajstić information content (AvgIpc) is 2.43. The third kappa shape index (κ3) is 4.51. The maximum atomic E-state index is 11.8. The molecule has 1 unspecified atom stereocenters. The fourth-order valence-electron chi connectivity index (χ4n) is 2.02. The number of esters is 1. The minimum absolute atomic E-state index is 0.0139. The van der Waals surface area contributed by atoms with Crippen LogP contribution in [-0.2, 0) is 19.1 Å². The largest absolute Gasteiger partial charge is 0.467 e. The number of hydrogen-bond donors (Lipinski definition) is 2. The summed E-state index contributed by atoms with van der Waals surface area (Å²) in [5.41, 5.74) is 0. The molecular formula is C12H20N2O5. The smallest absolute Gasteiger partial charge is 0.336 e. The summed E-state index contributed by atoms with van der Waals surface area (Å²) in [5.74, 6) is -1.14. The van der Waals surface area contributed by atoms with E-state index in [1.165, 1.54) is 14.0 Å². The molecular weight excluding hydrogens is 252 g/mol. The maximum Gasteiger partial charge on any atom is 0.336 e. The van der Waals surface area contributed by atoms with Gasteiger partial charge in [-0.25, -0.2) is 4.79 Å². The number of methoxy groups -OCH3 is 1. The van der Waals surface area contributed by atoms with Gasteiger partial charge in [0.2, 0.25) is 11.8 Å². The molecule has 0 aromatic carbocycles. The molecule has 1 aliphatic rings. The van der Waals surface area contributed by atoms with Crippen LogP contribution < -0.4 is 5.32 Å². The Morgan fingerprint density at radius 1 is 1.37 bits per heavy atom. The highest BCUT2D eigenvalue weighted by atomic mass is 16.5. The number of aliphatic hydroxyl groups is 1. The topological polar surface area (TPSA) is 95.9 Å². The molecule has 19 heavy (non-hydrogen) atoms. The van der Waals surface area contributed by atoms with Crippen molar-refractivity contribution in [2.75, 3.05) is 26.7 Å². The van der Waals surface area contributed by atoms with E-state index in [0.29, 0.717) is 25.9 Å². The zero-order valence-corrected chi connectivity index (χ0v) is 11.2. The van der Waals surface area contributed by atoms with Crippen molar-refractivity contribution in [3.63, 3.8) is 0 Å². The molecule has 2 amide bonds. The number of carbonyl (C=O) groups is 3. The molecule has 0 aliphatic carbocycles. The molecule has 0 saturated carbocycles. The van der Waals surface area contributed by atoms with E-state index >= 15 is 0 Å². The minimum atomic E-state index is -1.34. The van der Waals surface area contributed by atoms with E-state index in [0.717, 1.165) is 0 Å². The van der Waals surface area contributed by atoms with Gasteiger partial charge in [0.15, 0.2) is 6.10 Å². The lowest BCUT2D eigenvalue weighted by molar-refractivity contribution is -0.150. The zero-order chi connectivity index (χ0) is 14.4. The molecule has 7 nitrogen and oxygen atoms in total. The van der Waals surface area contributed by atoms with Crippen LogP contribution in [-0.4, -0.2) is 60.6 Å². The first kappa shape index (κ1) is 15.4. The molecule has 2 N–H and O–H groups in total. The number of ether oxygens (including phenoxy) is 1. The van der Waals surface area contributed by atoms with E-state index in [-0.39, 0.29) is 24.3 Å². The number of nitrogens with zero attached hydrogens (tertiary/aromatic N) is 1. The van der Waals surface area contributed by atoms with Gasteiger partial charge in [0.25, 0.3) is 0 Å². The van der Waals surface area contributed by atoms with Crippen molar-refractivity contribution in [3.8, 4) is 0 Å². The molecule has 1 heterocycles. The summed E-state index contributed by atoms with van der Waals surface area (Å²) in [6, 6.07) is 0. The summed E-state index contributed by atoms with van der Waals surface area (Å²) >= 11 is 0. The SMILES string of the molecule is COC(=O)C(O)CNC(=O)C1CCN(C(C)=O)CC1. The number of piperidine rings is 1. The number of amides is 2. The second-order valence-corrected chi connectivity index (χ2v) is 4.56. The normalized spacial score (nSPS) is 17.7. The molecule has 0 bridgehead atoms. The first-order valence-electron chi connectivity index (χ1n) is 6.24. The summed E-state index contributed by atoms with van der Waals surface area (Å²) in [7, 11) is 1.17. The van der Waals surface area contributed by atoms with Gasteiger partial charge in [0, 0.05) is 25.9 Å². The fourth-order valence-corrected chi connectivity index (χ4v) is 2.02. The van der Waals surface area contributed by atoms with Crippen LogP contribution in [0.2, 0.25) is 0 Å². The Kier molecular flexibility index (Phi) is 5.75. The average molecular weight is 272 g/mol. The van der Waals surface area contributed by atoms with Gasteiger partial charge in [-0.2, -0.15) is 0 Å². The molecule has 1 saturated heterocycles. The summed E-state index contributed by atoms with van der Waals surface area (Å²) in [6.07, 6.45) is -0.148. The van der Waals surface area contributed by atoms with Crippen LogP contribution in [0.3, 0.4) is 0 Å². The van der Waals surface area contributed by atoms with Gasteiger partial charge in [-0.15, -0.1) is 0 Å². The van der Waals surface area contributed by atoms with Crippen LogP contribution in [0.15, 0.2) is 0 Å². The van der Waals surface area contributed by atoms with Crippen molar-refractivity contribution in [2.24, 2.45) is 5.92 Å². The molecule has 1 atom stereocenters. The van der Waals surface area contributed by atoms with E-state index < -0.39 is 12.1 Å². The Labute approximate surface area is 111 Å². The summed E-state index contributed by atoms with van der Waals surface area (Å²) in [4.78, 5) is 35.6. The minimum Gasteiger partial charge on any atom is -0.467 e. The van der Waals surface area contributed by atoms with E-state index in [1.54, 1.807) is 4.90 Å². The first-order valence-corrected chi connectivity index (χ1v) is 6.24. The number of hydrogen-bond acceptors (Lipinski definition) is 5. The zero-order valence-electron chi connectivity index (χ0n) is 11.2. The molecule has 108 valence electrons. The van der Waals surface area contributed by atoms with Crippen molar-refractivity contribution in [1.82, 2.24) is 10.2 Å². The molecule has 7 heteroatoms. The second-order valence-electron chi connectivity index (χ2n) is 4.56. The van der Waals surface area contributed by atoms with Gasteiger partial charge in [0.1, 0.15) is 0 Å². The quantitative estimate of drug-likeness (QED) is 0.633. The number of nitrogens with one attached hydrogen (secondary N) is 1. The Balaban J connectivity index is 2.32. The molecule has 0 aromatic rings. The van der Waals surface area contributed by atoms with Gasteiger partial charge >= 0.3 is 5.97 Å². The lowest BCUT2D eigenvalue weighted by Gasteiger charge is -2.30. The number of carbonyl (C=O) groups excluding carboxylic acids is 3. The number of rotatable bonds is 4. The van der Waals surface area contributed by atoms with Crippen LogP contribution in [0, 0.1) is 5.92 Å². The van der Waals surface area contributed by atoms with Crippen molar-refractivity contribution in [2.45, 2.75) is 25.9 Å². The molecule has 0 spiro atoms. The highest BCUT2D eigenvalue weighted by Gasteiger charge is 2.26. The second kappa shape index (κ2) is 7.08. The summed E-state index contributed by atoms with van der Waals surface area (Å²) < 4.78 is 4.35. The first-order chi connectivity index (χ1) is 8.95. The van der Waals surface area contributed by atoms with Crippen LogP contribution in [0.25, 0.3) is 0 Å². The third-order valence-corrected chi connectivity index (χ3v) is 3.25. The molecule has 0 aromatic heterocycles. The molecule has 1 fully saturated rings. The van der Waals surface area contributed by atoms with Crippen LogP contribution in [0.4, 0.5) is 0 Å². The maximum absolute atomic E-state index is 11.8. The van der Waals surface area contributed by atoms with Crippen molar-refractivity contribution in [3.05, 3.63) is 0 Å². The summed E-state index contributed by atoms with van der Waals surface area (Å²) in [6.45, 7) is 2.48. The predicted octanol–water partition coefficient (Wildman–Crippen LogP) is -1.10. The van der Waals surface area contributed by atoms with E-state index in [2.05, 4.69) is 10.1 Å². The van der Waals surface area contributed by atoms with Gasteiger partial charge in [-0.3, -0.25) is 9.59 Å². The van der Waals surface area contributed by atoms with E-state index in [9.17, 15) is 19.5 Å². The Morgan fingerprint density at radius 2 is 1.95 bits per heavy atom. The van der Waals surface area contributed by atoms with Crippen molar-refractivity contribution >= 4 is 17.8 Å². The highest BCUT2D eigenvalue weighted by Crippen LogP contribution is 2.17. The lowest BCUT2D eigenvalue weighted by Crippen LogP contribution is -2.44. The fraction of sp³-hybridized carbons (Fsp3) is 0.750. The van der Waals surface area contributed by atoms with Crippen molar-refractivity contribution in [1.29, 1.82) is 0 Å². The predicted molar refractivity (Wildman–Crippen MR) is 66.0 cm³/mol. The molecule has 1 aliphatic heterocycles. The lowest BCUT2D eigenvalue weighted by atomic mass is 9.96. The third-order valence-electron chi connectivity index (χ3n) is 3.25. The standard InChI is InChI=1S/C12H20N2O5/c1-8(15)14-5-3-9(4-6-14)11(17)13-7-10(16)12(18)19-2/h9-10,16H,3-7H2,1-2H3,(H,13,17).